The van der Waals surface area contributed by atoms with E-state index in [9.17, 15) is 4.79 Å². The van der Waals surface area contributed by atoms with Crippen LogP contribution in [0.15, 0.2) is 64.1 Å². The molecule has 3 heterocycles. The van der Waals surface area contributed by atoms with Gasteiger partial charge in [-0.1, -0.05) is 34.1 Å². The zero-order chi connectivity index (χ0) is 18.8. The molecular formula is C20H19BrN4O2. The SMILES string of the molecule is Cn1c(N2CCO[C@@H](c3ccccc3Br)C2)nc(-c2ccncc2)cc1=O. The number of pyridine rings is 1. The van der Waals surface area contributed by atoms with Crippen molar-refractivity contribution in [3.05, 3.63) is 75.2 Å². The van der Waals surface area contributed by atoms with Gasteiger partial charge in [0.05, 0.1) is 18.8 Å². The molecule has 0 spiro atoms. The van der Waals surface area contributed by atoms with Crippen molar-refractivity contribution in [3.8, 4) is 11.3 Å². The number of nitrogens with zero attached hydrogens (tertiary/aromatic N) is 4. The summed E-state index contributed by atoms with van der Waals surface area (Å²) < 4.78 is 8.59. The van der Waals surface area contributed by atoms with Crippen molar-refractivity contribution in [3.63, 3.8) is 0 Å². The van der Waals surface area contributed by atoms with Crippen molar-refractivity contribution >= 4 is 21.9 Å². The van der Waals surface area contributed by atoms with E-state index >= 15 is 0 Å². The number of anilines is 1. The summed E-state index contributed by atoms with van der Waals surface area (Å²) in [7, 11) is 1.75. The number of hydrogen-bond acceptors (Lipinski definition) is 5. The molecule has 138 valence electrons. The van der Waals surface area contributed by atoms with Crippen LogP contribution in [0, 0.1) is 0 Å². The molecule has 27 heavy (non-hydrogen) atoms. The van der Waals surface area contributed by atoms with E-state index in [-0.39, 0.29) is 11.7 Å². The minimum absolute atomic E-state index is 0.0872. The molecule has 7 heteroatoms. The molecule has 2 aromatic heterocycles. The van der Waals surface area contributed by atoms with Gasteiger partial charge in [0, 0.05) is 42.1 Å². The normalized spacial score (nSPS) is 17.1. The van der Waals surface area contributed by atoms with Gasteiger partial charge in [-0.3, -0.25) is 14.3 Å². The highest BCUT2D eigenvalue weighted by Gasteiger charge is 2.26. The number of benzene rings is 1. The van der Waals surface area contributed by atoms with Gasteiger partial charge in [0.25, 0.3) is 5.56 Å². The van der Waals surface area contributed by atoms with Crippen LogP contribution >= 0.6 is 15.9 Å². The van der Waals surface area contributed by atoms with Gasteiger partial charge in [-0.15, -0.1) is 0 Å². The molecule has 6 nitrogen and oxygen atoms in total. The standard InChI is InChI=1S/C20H19BrN4O2/c1-24-19(26)12-17(14-6-8-22-9-7-14)23-20(24)25-10-11-27-18(13-25)15-4-2-3-5-16(15)21/h2-9,12,18H,10-11,13H2,1H3/t18-/m1/s1. The molecule has 0 N–H and O–H groups in total. The Bertz CT molecular complexity index is 1010. The van der Waals surface area contributed by atoms with E-state index in [4.69, 9.17) is 9.72 Å². The number of hydrogen-bond donors (Lipinski definition) is 0. The highest BCUT2D eigenvalue weighted by atomic mass is 79.9. The molecule has 0 unspecified atom stereocenters. The molecule has 0 bridgehead atoms. The Morgan fingerprint density at radius 1 is 1.19 bits per heavy atom. The van der Waals surface area contributed by atoms with E-state index in [0.717, 1.165) is 15.6 Å². The average molecular weight is 427 g/mol. The third kappa shape index (κ3) is 3.65. The van der Waals surface area contributed by atoms with Crippen molar-refractivity contribution in [2.75, 3.05) is 24.6 Å². The minimum atomic E-state index is -0.0873. The summed E-state index contributed by atoms with van der Waals surface area (Å²) in [6, 6.07) is 13.3. The molecule has 1 fully saturated rings. The largest absolute Gasteiger partial charge is 0.370 e. The van der Waals surface area contributed by atoms with Crippen LogP contribution in [-0.2, 0) is 11.8 Å². The maximum atomic E-state index is 12.5. The quantitative estimate of drug-likeness (QED) is 0.643. The van der Waals surface area contributed by atoms with E-state index in [1.54, 1.807) is 30.1 Å². The topological polar surface area (TPSA) is 60.2 Å². The fourth-order valence-corrected chi connectivity index (χ4v) is 3.78. The van der Waals surface area contributed by atoms with Gasteiger partial charge < -0.3 is 9.64 Å². The summed E-state index contributed by atoms with van der Waals surface area (Å²) >= 11 is 3.60. The number of aromatic nitrogens is 3. The van der Waals surface area contributed by atoms with Crippen LogP contribution in [0.4, 0.5) is 5.95 Å². The highest BCUT2D eigenvalue weighted by molar-refractivity contribution is 9.10. The third-order valence-corrected chi connectivity index (χ3v) is 5.41. The molecular weight excluding hydrogens is 408 g/mol. The van der Waals surface area contributed by atoms with Crippen LogP contribution in [0.1, 0.15) is 11.7 Å². The maximum Gasteiger partial charge on any atom is 0.255 e. The van der Waals surface area contributed by atoms with E-state index in [2.05, 4.69) is 31.9 Å². The van der Waals surface area contributed by atoms with Gasteiger partial charge in [0.1, 0.15) is 6.10 Å². The maximum absolute atomic E-state index is 12.5. The van der Waals surface area contributed by atoms with Crippen molar-refractivity contribution in [2.24, 2.45) is 7.05 Å². The Morgan fingerprint density at radius 3 is 2.74 bits per heavy atom. The molecule has 0 amide bonds. The number of morpholine rings is 1. The lowest BCUT2D eigenvalue weighted by Gasteiger charge is -2.35. The highest BCUT2D eigenvalue weighted by Crippen LogP contribution is 2.30. The van der Waals surface area contributed by atoms with Crippen molar-refractivity contribution < 1.29 is 4.74 Å². The minimum Gasteiger partial charge on any atom is -0.370 e. The fourth-order valence-electron chi connectivity index (χ4n) is 3.24. The van der Waals surface area contributed by atoms with Crippen LogP contribution < -0.4 is 10.5 Å². The number of rotatable bonds is 3. The first kappa shape index (κ1) is 17.9. The predicted octanol–water partition coefficient (Wildman–Crippen LogP) is 3.18. The van der Waals surface area contributed by atoms with Gasteiger partial charge in [-0.2, -0.15) is 0 Å². The molecule has 0 saturated carbocycles. The first-order valence-corrected chi connectivity index (χ1v) is 9.52. The molecule has 1 aliphatic rings. The number of ether oxygens (including phenoxy) is 1. The van der Waals surface area contributed by atoms with Crippen LogP contribution in [-0.4, -0.2) is 34.2 Å². The smallest absolute Gasteiger partial charge is 0.255 e. The lowest BCUT2D eigenvalue weighted by molar-refractivity contribution is 0.0385. The summed E-state index contributed by atoms with van der Waals surface area (Å²) in [5.41, 5.74) is 2.53. The fraction of sp³-hybridized carbons (Fsp3) is 0.250. The van der Waals surface area contributed by atoms with Gasteiger partial charge in [-0.25, -0.2) is 4.98 Å². The van der Waals surface area contributed by atoms with Gasteiger partial charge in [-0.05, 0) is 23.8 Å². The monoisotopic (exact) mass is 426 g/mol. The molecule has 1 atom stereocenters. The third-order valence-electron chi connectivity index (χ3n) is 4.69. The first-order chi connectivity index (χ1) is 13.1. The first-order valence-electron chi connectivity index (χ1n) is 8.73. The van der Waals surface area contributed by atoms with Crippen LogP contribution in [0.3, 0.4) is 0 Å². The van der Waals surface area contributed by atoms with Gasteiger partial charge >= 0.3 is 0 Å². The second kappa shape index (κ2) is 7.62. The summed E-state index contributed by atoms with van der Waals surface area (Å²) in [4.78, 5) is 23.4. The van der Waals surface area contributed by atoms with E-state index in [1.165, 1.54) is 0 Å². The van der Waals surface area contributed by atoms with E-state index in [1.807, 2.05) is 30.3 Å². The lowest BCUT2D eigenvalue weighted by Crippen LogP contribution is -2.41. The molecule has 0 aliphatic carbocycles. The second-order valence-electron chi connectivity index (χ2n) is 6.40. The zero-order valence-corrected chi connectivity index (χ0v) is 16.5. The summed E-state index contributed by atoms with van der Waals surface area (Å²) in [6.45, 7) is 1.88. The van der Waals surface area contributed by atoms with Crippen molar-refractivity contribution in [1.29, 1.82) is 0 Å². The Morgan fingerprint density at radius 2 is 1.96 bits per heavy atom. The zero-order valence-electron chi connectivity index (χ0n) is 14.9. The molecule has 1 saturated heterocycles. The number of halogens is 1. The van der Waals surface area contributed by atoms with Crippen molar-refractivity contribution in [1.82, 2.24) is 14.5 Å². The van der Waals surface area contributed by atoms with E-state index < -0.39 is 0 Å². The van der Waals surface area contributed by atoms with Crippen LogP contribution in [0.5, 0.6) is 0 Å². The van der Waals surface area contributed by atoms with E-state index in [0.29, 0.717) is 31.3 Å². The molecule has 0 radical (unpaired) electrons. The average Bonchev–Trinajstić information content (AvgIpc) is 2.71. The van der Waals surface area contributed by atoms with Crippen LogP contribution in [0.2, 0.25) is 0 Å². The van der Waals surface area contributed by atoms with Crippen LogP contribution in [0.25, 0.3) is 11.3 Å². The molecule has 1 aromatic carbocycles. The molecule has 3 aromatic rings. The Labute approximate surface area is 165 Å². The molecule has 1 aliphatic heterocycles. The van der Waals surface area contributed by atoms with Gasteiger partial charge in [0.2, 0.25) is 5.95 Å². The summed E-state index contributed by atoms with van der Waals surface area (Å²) in [5, 5.41) is 0. The Hall–Kier alpha value is -2.51. The summed E-state index contributed by atoms with van der Waals surface area (Å²) in [5.74, 6) is 0.648. The predicted molar refractivity (Wildman–Crippen MR) is 108 cm³/mol. The Kier molecular flexibility index (Phi) is 5.05. The van der Waals surface area contributed by atoms with Gasteiger partial charge in [0.15, 0.2) is 0 Å². The lowest BCUT2D eigenvalue weighted by atomic mass is 10.1. The van der Waals surface area contributed by atoms with Crippen molar-refractivity contribution in [2.45, 2.75) is 6.10 Å². The summed E-state index contributed by atoms with van der Waals surface area (Å²) in [6.07, 6.45) is 3.31. The second-order valence-corrected chi connectivity index (χ2v) is 7.26. The molecule has 4 rings (SSSR count). The Balaban J connectivity index is 1.69.